The number of carbonyl (C=O) groups excluding carboxylic acids is 1. The monoisotopic (exact) mass is 333 g/mol. The van der Waals surface area contributed by atoms with Gasteiger partial charge in [-0.15, -0.1) is 11.3 Å². The maximum absolute atomic E-state index is 12.5. The molecule has 3 rings (SSSR count). The summed E-state index contributed by atoms with van der Waals surface area (Å²) >= 11 is 1.43. The van der Waals surface area contributed by atoms with E-state index >= 15 is 0 Å². The van der Waals surface area contributed by atoms with Crippen molar-refractivity contribution in [2.24, 2.45) is 11.3 Å². The fraction of sp³-hybridized carbons (Fsp3) is 0.647. The van der Waals surface area contributed by atoms with E-state index in [1.165, 1.54) is 11.3 Å². The van der Waals surface area contributed by atoms with Crippen LogP contribution < -0.4 is 5.32 Å². The van der Waals surface area contributed by atoms with Gasteiger partial charge in [0.05, 0.1) is 6.54 Å². The standard InChI is InChI=1S/C17H23N3O2S/c1-12(2)15-17(5-7-22-8-6-17)11-20(15)16(21)19-10-14-4-3-13(9-18)23-14/h3-4,12,15H,5-8,10-11H2,1-2H3,(H,19,21). The SMILES string of the molecule is CC(C)C1N(C(=O)NCc2ccc(C#N)s2)CC12CCOCC2. The number of ether oxygens (including phenoxy) is 1. The minimum atomic E-state index is 0.00715. The molecule has 1 aromatic heterocycles. The smallest absolute Gasteiger partial charge is 0.317 e. The third-order valence-electron chi connectivity index (χ3n) is 5.02. The van der Waals surface area contributed by atoms with Gasteiger partial charge in [0, 0.05) is 36.1 Å². The van der Waals surface area contributed by atoms with Crippen LogP contribution in [0, 0.1) is 22.7 Å². The van der Waals surface area contributed by atoms with E-state index in [1.807, 2.05) is 11.0 Å². The number of thiophene rings is 1. The normalized spacial score (nSPS) is 22.7. The van der Waals surface area contributed by atoms with Crippen molar-refractivity contribution in [3.63, 3.8) is 0 Å². The topological polar surface area (TPSA) is 65.4 Å². The first-order valence-corrected chi connectivity index (χ1v) is 8.98. The number of carbonyl (C=O) groups is 1. The molecule has 1 N–H and O–H groups in total. The van der Waals surface area contributed by atoms with Crippen molar-refractivity contribution in [3.05, 3.63) is 21.9 Å². The van der Waals surface area contributed by atoms with Gasteiger partial charge in [-0.2, -0.15) is 5.26 Å². The first-order valence-electron chi connectivity index (χ1n) is 8.17. The maximum atomic E-state index is 12.5. The molecular formula is C17H23N3O2S. The Balaban J connectivity index is 1.60. The van der Waals surface area contributed by atoms with Crippen molar-refractivity contribution in [3.8, 4) is 6.07 Å². The average molecular weight is 333 g/mol. The zero-order valence-corrected chi connectivity index (χ0v) is 14.5. The molecule has 5 nitrogen and oxygen atoms in total. The molecule has 23 heavy (non-hydrogen) atoms. The summed E-state index contributed by atoms with van der Waals surface area (Å²) < 4.78 is 5.50. The summed E-state index contributed by atoms with van der Waals surface area (Å²) in [5, 5.41) is 11.9. The van der Waals surface area contributed by atoms with E-state index in [4.69, 9.17) is 10.00 Å². The molecule has 0 bridgehead atoms. The third-order valence-corrected chi connectivity index (χ3v) is 6.00. The summed E-state index contributed by atoms with van der Waals surface area (Å²) in [7, 11) is 0. The first-order chi connectivity index (χ1) is 11.1. The zero-order valence-electron chi connectivity index (χ0n) is 13.7. The van der Waals surface area contributed by atoms with Crippen molar-refractivity contribution in [2.45, 2.75) is 39.3 Å². The Morgan fingerprint density at radius 2 is 2.26 bits per heavy atom. The van der Waals surface area contributed by atoms with E-state index in [1.54, 1.807) is 6.07 Å². The number of nitrogens with one attached hydrogen (secondary N) is 1. The first kappa shape index (κ1) is 16.3. The summed E-state index contributed by atoms with van der Waals surface area (Å²) in [6.07, 6.45) is 2.10. The molecule has 3 heterocycles. The van der Waals surface area contributed by atoms with Crippen LogP contribution in [0.25, 0.3) is 0 Å². The molecule has 6 heteroatoms. The summed E-state index contributed by atoms with van der Waals surface area (Å²) in [5.74, 6) is 0.444. The Labute approximate surface area is 141 Å². The summed E-state index contributed by atoms with van der Waals surface area (Å²) in [6.45, 7) is 7.33. The zero-order chi connectivity index (χ0) is 16.4. The number of nitrogens with zero attached hydrogens (tertiary/aromatic N) is 2. The van der Waals surface area contributed by atoms with E-state index in [0.29, 0.717) is 23.4 Å². The van der Waals surface area contributed by atoms with E-state index < -0.39 is 0 Å². The van der Waals surface area contributed by atoms with Gasteiger partial charge < -0.3 is 15.0 Å². The van der Waals surface area contributed by atoms with Crippen LogP contribution in [0.2, 0.25) is 0 Å². The van der Waals surface area contributed by atoms with Crippen molar-refractivity contribution in [1.29, 1.82) is 5.26 Å². The van der Waals surface area contributed by atoms with Crippen molar-refractivity contribution in [2.75, 3.05) is 19.8 Å². The van der Waals surface area contributed by atoms with Crippen molar-refractivity contribution < 1.29 is 9.53 Å². The Kier molecular flexibility index (Phi) is 4.60. The van der Waals surface area contributed by atoms with Crippen LogP contribution in [0.1, 0.15) is 36.4 Å². The summed E-state index contributed by atoms with van der Waals surface area (Å²) in [4.78, 5) is 16.2. The second kappa shape index (κ2) is 6.50. The van der Waals surface area contributed by atoms with Gasteiger partial charge in [0.25, 0.3) is 0 Å². The lowest BCUT2D eigenvalue weighted by Crippen LogP contribution is -2.70. The molecule has 0 aliphatic carbocycles. The molecule has 2 fully saturated rings. The number of amides is 2. The van der Waals surface area contributed by atoms with Crippen LogP contribution >= 0.6 is 11.3 Å². The van der Waals surface area contributed by atoms with Gasteiger partial charge in [0.1, 0.15) is 10.9 Å². The highest BCUT2D eigenvalue weighted by molar-refractivity contribution is 7.12. The van der Waals surface area contributed by atoms with Gasteiger partial charge in [-0.05, 0) is 30.9 Å². The van der Waals surface area contributed by atoms with E-state index in [9.17, 15) is 4.79 Å². The predicted molar refractivity (Wildman–Crippen MR) is 89.1 cm³/mol. The molecule has 2 amide bonds. The lowest BCUT2D eigenvalue weighted by molar-refractivity contribution is -0.124. The highest BCUT2D eigenvalue weighted by Crippen LogP contribution is 2.48. The highest BCUT2D eigenvalue weighted by Gasteiger charge is 2.55. The minimum absolute atomic E-state index is 0.00715. The molecule has 2 aliphatic rings. The summed E-state index contributed by atoms with van der Waals surface area (Å²) in [5.41, 5.74) is 0.251. The lowest BCUT2D eigenvalue weighted by atomic mass is 9.63. The number of urea groups is 1. The molecule has 1 atom stereocenters. The number of hydrogen-bond donors (Lipinski definition) is 1. The molecule has 2 saturated heterocycles. The second-order valence-electron chi connectivity index (χ2n) is 6.83. The van der Waals surface area contributed by atoms with Crippen LogP contribution in [0.5, 0.6) is 0 Å². The van der Waals surface area contributed by atoms with Gasteiger partial charge in [-0.25, -0.2) is 4.79 Å². The van der Waals surface area contributed by atoms with Crippen LogP contribution in [-0.2, 0) is 11.3 Å². The fourth-order valence-corrected chi connectivity index (χ4v) is 4.79. The van der Waals surface area contributed by atoms with Gasteiger partial charge in [0.15, 0.2) is 0 Å². The molecular weight excluding hydrogens is 310 g/mol. The Morgan fingerprint density at radius 1 is 1.52 bits per heavy atom. The fourth-order valence-electron chi connectivity index (χ4n) is 4.04. The molecule has 0 saturated carbocycles. The quantitative estimate of drug-likeness (QED) is 0.925. The second-order valence-corrected chi connectivity index (χ2v) is 8.00. The van der Waals surface area contributed by atoms with Gasteiger partial charge in [-0.1, -0.05) is 13.8 Å². The van der Waals surface area contributed by atoms with Gasteiger partial charge in [-0.3, -0.25) is 0 Å². The van der Waals surface area contributed by atoms with Crippen molar-refractivity contribution >= 4 is 17.4 Å². The largest absolute Gasteiger partial charge is 0.381 e. The number of likely N-dealkylation sites (tertiary alicyclic amines) is 1. The Morgan fingerprint density at radius 3 is 2.87 bits per heavy atom. The van der Waals surface area contributed by atoms with Crippen molar-refractivity contribution in [1.82, 2.24) is 10.2 Å². The van der Waals surface area contributed by atoms with Crippen LogP contribution in [0.4, 0.5) is 4.79 Å². The number of nitriles is 1. The Hall–Kier alpha value is -1.58. The molecule has 2 aliphatic heterocycles. The average Bonchev–Trinajstić information content (AvgIpc) is 2.99. The van der Waals surface area contributed by atoms with E-state index in [-0.39, 0.29) is 11.4 Å². The molecule has 1 aromatic rings. The molecule has 0 radical (unpaired) electrons. The third kappa shape index (κ3) is 3.08. The number of rotatable bonds is 3. The highest BCUT2D eigenvalue weighted by atomic mass is 32.1. The van der Waals surface area contributed by atoms with Crippen LogP contribution in [0.3, 0.4) is 0 Å². The maximum Gasteiger partial charge on any atom is 0.317 e. The van der Waals surface area contributed by atoms with Crippen LogP contribution in [0.15, 0.2) is 12.1 Å². The minimum Gasteiger partial charge on any atom is -0.381 e. The molecule has 1 spiro atoms. The predicted octanol–water partition coefficient (Wildman–Crippen LogP) is 2.97. The molecule has 0 aromatic carbocycles. The molecule has 124 valence electrons. The lowest BCUT2D eigenvalue weighted by Gasteiger charge is -2.60. The Bertz CT molecular complexity index is 614. The van der Waals surface area contributed by atoms with E-state index in [2.05, 4.69) is 25.2 Å². The molecule has 1 unspecified atom stereocenters. The summed E-state index contributed by atoms with van der Waals surface area (Å²) in [6, 6.07) is 6.13. The van der Waals surface area contributed by atoms with Gasteiger partial charge in [0.2, 0.25) is 0 Å². The van der Waals surface area contributed by atoms with Gasteiger partial charge >= 0.3 is 6.03 Å². The van der Waals surface area contributed by atoms with Crippen LogP contribution in [-0.4, -0.2) is 36.7 Å². The number of hydrogen-bond acceptors (Lipinski definition) is 4. The van der Waals surface area contributed by atoms with E-state index in [0.717, 1.165) is 37.5 Å².